The van der Waals surface area contributed by atoms with Gasteiger partial charge in [-0.1, -0.05) is 29.8 Å². The summed E-state index contributed by atoms with van der Waals surface area (Å²) >= 11 is 12.8. The lowest BCUT2D eigenvalue weighted by Gasteiger charge is -2.12. The van der Waals surface area contributed by atoms with Crippen molar-refractivity contribution in [1.82, 2.24) is 4.57 Å². The number of aromatic nitrogens is 1. The van der Waals surface area contributed by atoms with Gasteiger partial charge in [0.25, 0.3) is 0 Å². The van der Waals surface area contributed by atoms with Gasteiger partial charge in [-0.25, -0.2) is 0 Å². The molecule has 8 heteroatoms. The monoisotopic (exact) mass is 470 g/mol. The fourth-order valence-corrected chi connectivity index (χ4v) is 4.87. The molecular weight excluding hydrogens is 452 g/mol. The Morgan fingerprint density at radius 1 is 1.23 bits per heavy atom. The van der Waals surface area contributed by atoms with Gasteiger partial charge < -0.3 is 14.6 Å². The molecule has 1 aliphatic rings. The first kappa shape index (κ1) is 21.4. The molecule has 0 spiro atoms. The number of hydrogen-bond donors (Lipinski definition) is 1. The number of hydrogen-bond acceptors (Lipinski definition) is 6. The van der Waals surface area contributed by atoms with Gasteiger partial charge in [-0.3, -0.25) is 9.56 Å². The Morgan fingerprint density at radius 3 is 2.58 bits per heavy atom. The molecule has 2 aromatic carbocycles. The Hall–Kier alpha value is -2.87. The van der Waals surface area contributed by atoms with E-state index in [0.717, 1.165) is 21.9 Å². The zero-order valence-corrected chi connectivity index (χ0v) is 19.3. The van der Waals surface area contributed by atoms with Crippen molar-refractivity contribution in [2.24, 2.45) is 4.99 Å². The first-order chi connectivity index (χ1) is 15.0. The second-order valence-corrected chi connectivity index (χ2v) is 8.81. The number of allylic oxidation sites excluding steroid dienone is 1. The molecule has 158 valence electrons. The number of halogens is 1. The van der Waals surface area contributed by atoms with Crippen LogP contribution in [-0.2, 0) is 6.54 Å². The summed E-state index contributed by atoms with van der Waals surface area (Å²) in [6.07, 6.45) is 5.34. The molecule has 2 heterocycles. The second-order valence-electron chi connectivity index (χ2n) is 6.70. The number of aromatic hydroxyl groups is 1. The Kier molecular flexibility index (Phi) is 6.00. The van der Waals surface area contributed by atoms with Crippen LogP contribution < -0.4 is 20.0 Å². The summed E-state index contributed by atoms with van der Waals surface area (Å²) in [5, 5.41) is 12.8. The Labute approximate surface area is 193 Å². The third-order valence-corrected chi connectivity index (χ3v) is 6.57. The minimum Gasteiger partial charge on any atom is -0.496 e. The van der Waals surface area contributed by atoms with Gasteiger partial charge >= 0.3 is 0 Å². The molecule has 1 aliphatic heterocycles. The van der Waals surface area contributed by atoms with Gasteiger partial charge in [-0.2, -0.15) is 0 Å². The van der Waals surface area contributed by atoms with Crippen molar-refractivity contribution in [2.45, 2.75) is 6.54 Å². The fraction of sp³-hybridized carbons (Fsp3) is 0.130. The molecule has 4 rings (SSSR count). The van der Waals surface area contributed by atoms with E-state index in [2.05, 4.69) is 11.6 Å². The fourth-order valence-electron chi connectivity index (χ4n) is 3.47. The highest BCUT2D eigenvalue weighted by atomic mass is 35.5. The minimum absolute atomic E-state index is 0.0883. The van der Waals surface area contributed by atoms with Crippen molar-refractivity contribution in [2.75, 3.05) is 14.2 Å². The van der Waals surface area contributed by atoms with E-state index in [4.69, 9.17) is 33.3 Å². The number of fused-ring (bicyclic) bond motifs is 1. The maximum atomic E-state index is 10.7. The van der Waals surface area contributed by atoms with E-state index < -0.39 is 0 Å². The molecule has 1 aromatic heterocycles. The van der Waals surface area contributed by atoms with Gasteiger partial charge in [-0.05, 0) is 36.0 Å². The van der Waals surface area contributed by atoms with Crippen LogP contribution >= 0.6 is 35.2 Å². The van der Waals surface area contributed by atoms with Crippen molar-refractivity contribution in [3.8, 4) is 17.4 Å². The summed E-state index contributed by atoms with van der Waals surface area (Å²) in [5.74, 6) is 1.32. The van der Waals surface area contributed by atoms with Gasteiger partial charge in [0, 0.05) is 34.6 Å². The van der Waals surface area contributed by atoms with Gasteiger partial charge in [0.2, 0.25) is 5.88 Å². The van der Waals surface area contributed by atoms with E-state index in [1.54, 1.807) is 31.1 Å². The lowest BCUT2D eigenvalue weighted by molar-refractivity contribution is 0.390. The Morgan fingerprint density at radius 2 is 1.94 bits per heavy atom. The number of rotatable bonds is 6. The molecule has 0 saturated carbocycles. The quantitative estimate of drug-likeness (QED) is 0.419. The van der Waals surface area contributed by atoms with Gasteiger partial charge in [-0.15, -0.1) is 17.9 Å². The highest BCUT2D eigenvalue weighted by Gasteiger charge is 2.21. The highest BCUT2D eigenvalue weighted by Crippen LogP contribution is 2.33. The molecular formula is C23H19ClN2O3S2. The molecule has 5 nitrogen and oxygen atoms in total. The first-order valence-electron chi connectivity index (χ1n) is 9.33. The molecule has 0 bridgehead atoms. The first-order valence-corrected chi connectivity index (χ1v) is 10.9. The summed E-state index contributed by atoms with van der Waals surface area (Å²) in [7, 11) is 3.20. The topological polar surface area (TPSA) is 56.0 Å². The molecule has 1 N–H and O–H groups in total. The molecule has 0 amide bonds. The lowest BCUT2D eigenvalue weighted by Crippen LogP contribution is -2.29. The van der Waals surface area contributed by atoms with Crippen LogP contribution in [0.25, 0.3) is 11.6 Å². The maximum absolute atomic E-state index is 10.7. The van der Waals surface area contributed by atoms with Crippen LogP contribution in [0.15, 0.2) is 54.2 Å². The average Bonchev–Trinajstić information content (AvgIpc) is 3.32. The molecule has 0 unspecified atom stereocenters. The third-order valence-electron chi connectivity index (χ3n) is 4.93. The maximum Gasteiger partial charge on any atom is 0.210 e. The SMILES string of the molecule is C=CCn1c(O)c(C=c2c(OC)cc(OC)c3c2=NC=C3c2ccc(Cl)cc2)sc1=S. The number of benzene rings is 2. The van der Waals surface area contributed by atoms with Crippen LogP contribution in [0.1, 0.15) is 16.0 Å². The summed E-state index contributed by atoms with van der Waals surface area (Å²) in [6.45, 7) is 4.15. The summed E-state index contributed by atoms with van der Waals surface area (Å²) < 4.78 is 13.5. The molecule has 0 atom stereocenters. The normalized spacial score (nSPS) is 12.9. The Balaban J connectivity index is 1.97. The van der Waals surface area contributed by atoms with Crippen LogP contribution in [0.2, 0.25) is 5.02 Å². The molecule has 0 fully saturated rings. The second kappa shape index (κ2) is 8.70. The Bertz CT molecular complexity index is 1390. The zero-order valence-electron chi connectivity index (χ0n) is 16.9. The molecule has 31 heavy (non-hydrogen) atoms. The van der Waals surface area contributed by atoms with Gasteiger partial charge in [0.15, 0.2) is 3.95 Å². The van der Waals surface area contributed by atoms with Crippen LogP contribution in [0, 0.1) is 3.95 Å². The van der Waals surface area contributed by atoms with E-state index in [-0.39, 0.29) is 5.88 Å². The predicted molar refractivity (Wildman–Crippen MR) is 127 cm³/mol. The van der Waals surface area contributed by atoms with Crippen molar-refractivity contribution < 1.29 is 14.6 Å². The molecule has 0 radical (unpaired) electrons. The van der Waals surface area contributed by atoms with Crippen LogP contribution in [0.4, 0.5) is 0 Å². The van der Waals surface area contributed by atoms with Crippen molar-refractivity contribution in [3.63, 3.8) is 0 Å². The van der Waals surface area contributed by atoms with Crippen LogP contribution in [-0.4, -0.2) is 23.9 Å². The summed E-state index contributed by atoms with van der Waals surface area (Å²) in [6, 6.07) is 9.39. The smallest absolute Gasteiger partial charge is 0.210 e. The van der Waals surface area contributed by atoms with Crippen molar-refractivity contribution in [3.05, 3.63) is 84.7 Å². The number of methoxy groups -OCH3 is 2. The van der Waals surface area contributed by atoms with E-state index in [1.165, 1.54) is 11.3 Å². The average molecular weight is 471 g/mol. The van der Waals surface area contributed by atoms with Crippen LogP contribution in [0.3, 0.4) is 0 Å². The number of ether oxygens (including phenoxy) is 2. The van der Waals surface area contributed by atoms with E-state index in [0.29, 0.717) is 37.3 Å². The largest absolute Gasteiger partial charge is 0.496 e. The van der Waals surface area contributed by atoms with Crippen molar-refractivity contribution >= 4 is 46.8 Å². The lowest BCUT2D eigenvalue weighted by atomic mass is 9.97. The van der Waals surface area contributed by atoms with E-state index in [9.17, 15) is 5.11 Å². The number of thiazole rings is 1. The standard InChI is InChI=1S/C23H19ClN2O3S2/c1-4-9-26-22(27)19(31-23(26)30)10-15-17(28-2)11-18(29-3)20-16(12-25-21(15)20)13-5-7-14(24)8-6-13/h4-8,10-12,27H,1,9H2,2-3H3. The molecule has 0 aliphatic carbocycles. The third kappa shape index (κ3) is 3.80. The van der Waals surface area contributed by atoms with E-state index in [1.807, 2.05) is 36.4 Å². The molecule has 0 saturated heterocycles. The summed E-state index contributed by atoms with van der Waals surface area (Å²) in [5.41, 5.74) is 2.74. The molecule has 3 aromatic rings. The summed E-state index contributed by atoms with van der Waals surface area (Å²) in [4.78, 5) is 5.29. The van der Waals surface area contributed by atoms with Gasteiger partial charge in [0.05, 0.1) is 30.0 Å². The van der Waals surface area contributed by atoms with Crippen molar-refractivity contribution in [1.29, 1.82) is 0 Å². The predicted octanol–water partition coefficient (Wildman–Crippen LogP) is 4.69. The highest BCUT2D eigenvalue weighted by molar-refractivity contribution is 7.73. The van der Waals surface area contributed by atoms with E-state index >= 15 is 0 Å². The number of nitrogens with zero attached hydrogens (tertiary/aromatic N) is 2. The zero-order chi connectivity index (χ0) is 22.1. The van der Waals surface area contributed by atoms with Gasteiger partial charge in [0.1, 0.15) is 11.5 Å². The minimum atomic E-state index is 0.0883. The van der Waals surface area contributed by atoms with Crippen LogP contribution in [0.5, 0.6) is 17.4 Å².